The van der Waals surface area contributed by atoms with Gasteiger partial charge < -0.3 is 0 Å². The summed E-state index contributed by atoms with van der Waals surface area (Å²) in [6, 6.07) is 0. The van der Waals surface area contributed by atoms with Gasteiger partial charge in [-0.3, -0.25) is 9.59 Å². The lowest BCUT2D eigenvalue weighted by molar-refractivity contribution is 0.768. The van der Waals surface area contributed by atoms with Crippen LogP contribution in [0.2, 0.25) is 0 Å². The highest BCUT2D eigenvalue weighted by atomic mass is 79.9. The van der Waals surface area contributed by atoms with Gasteiger partial charge in [-0.1, -0.05) is 0 Å². The summed E-state index contributed by atoms with van der Waals surface area (Å²) in [5.74, 6) is 0. The first-order valence-electron chi connectivity index (χ1n) is 3.88. The number of fused-ring (bicyclic) bond motifs is 1. The Morgan fingerprint density at radius 2 is 1.14 bits per heavy atom. The van der Waals surface area contributed by atoms with Crippen molar-refractivity contribution in [1.29, 1.82) is 0 Å². The molecule has 0 radical (unpaired) electrons. The number of hydrogen-bond acceptors (Lipinski definition) is 2. The average molecular weight is 322 g/mol. The molecular weight excluding hydrogens is 316 g/mol. The van der Waals surface area contributed by atoms with Crippen LogP contribution in [0, 0.1) is 13.8 Å². The van der Waals surface area contributed by atoms with Crippen molar-refractivity contribution in [3.05, 3.63) is 41.0 Å². The van der Waals surface area contributed by atoms with Gasteiger partial charge in [0.1, 0.15) is 8.95 Å². The van der Waals surface area contributed by atoms with Crippen LogP contribution in [0.4, 0.5) is 0 Å². The number of hydrogen-bond donors (Lipinski definition) is 0. The van der Waals surface area contributed by atoms with E-state index in [1.54, 1.807) is 13.8 Å². The summed E-state index contributed by atoms with van der Waals surface area (Å²) in [6.45, 7) is 3.44. The van der Waals surface area contributed by atoms with Gasteiger partial charge in [0, 0.05) is 0 Å². The van der Waals surface area contributed by atoms with Crippen molar-refractivity contribution in [2.24, 2.45) is 0 Å². The highest BCUT2D eigenvalue weighted by Crippen LogP contribution is 2.15. The topological polar surface area (TPSA) is 43.0 Å². The Labute approximate surface area is 95.7 Å². The lowest BCUT2D eigenvalue weighted by Crippen LogP contribution is -2.15. The Kier molecular flexibility index (Phi) is 2.08. The molecule has 0 aromatic carbocycles. The molecule has 0 saturated heterocycles. The van der Waals surface area contributed by atoms with Crippen LogP contribution in [0.1, 0.15) is 11.4 Å². The van der Waals surface area contributed by atoms with E-state index in [2.05, 4.69) is 31.9 Å². The minimum atomic E-state index is -0.206. The van der Waals surface area contributed by atoms with E-state index < -0.39 is 0 Å². The molecule has 0 aliphatic heterocycles. The summed E-state index contributed by atoms with van der Waals surface area (Å²) in [6.07, 6.45) is 0. The Hall–Kier alpha value is -0.620. The fourth-order valence-electron chi connectivity index (χ4n) is 1.47. The standard InChI is InChI=1S/C8H6Br2N2O2/c1-3-5(9)7(13)12-4(2)6(10)8(14)11(3)12/h1-2H3. The van der Waals surface area contributed by atoms with Crippen molar-refractivity contribution in [3.63, 3.8) is 0 Å². The maximum atomic E-state index is 11.7. The van der Waals surface area contributed by atoms with Gasteiger partial charge in [-0.15, -0.1) is 0 Å². The van der Waals surface area contributed by atoms with Crippen LogP contribution in [-0.2, 0) is 0 Å². The van der Waals surface area contributed by atoms with Crippen LogP contribution in [0.25, 0.3) is 0 Å². The second kappa shape index (κ2) is 2.93. The number of aromatic nitrogens is 2. The Bertz CT molecular complexity index is 570. The minimum absolute atomic E-state index is 0.206. The van der Waals surface area contributed by atoms with Gasteiger partial charge in [-0.2, -0.15) is 0 Å². The first kappa shape index (κ1) is 9.92. The molecule has 2 rings (SSSR count). The molecule has 74 valence electrons. The SMILES string of the molecule is Cc1c(Br)c(=O)n2c(C)c(Br)c(=O)n12. The van der Waals surface area contributed by atoms with Crippen molar-refractivity contribution in [2.45, 2.75) is 13.8 Å². The zero-order chi connectivity index (χ0) is 10.6. The number of halogens is 2. The number of aryl methyl sites for hydroxylation is 2. The van der Waals surface area contributed by atoms with Crippen LogP contribution in [-0.4, -0.2) is 9.03 Å². The fourth-order valence-corrected chi connectivity index (χ4v) is 2.14. The van der Waals surface area contributed by atoms with E-state index in [4.69, 9.17) is 0 Å². The molecule has 2 aromatic heterocycles. The van der Waals surface area contributed by atoms with Gasteiger partial charge in [-0.25, -0.2) is 9.03 Å². The second-order valence-electron chi connectivity index (χ2n) is 3.03. The summed E-state index contributed by atoms with van der Waals surface area (Å²) in [5, 5.41) is 0. The van der Waals surface area contributed by atoms with E-state index in [1.807, 2.05) is 0 Å². The normalized spacial score (nSPS) is 11.4. The van der Waals surface area contributed by atoms with Crippen molar-refractivity contribution in [3.8, 4) is 0 Å². The van der Waals surface area contributed by atoms with Crippen molar-refractivity contribution < 1.29 is 0 Å². The van der Waals surface area contributed by atoms with E-state index in [-0.39, 0.29) is 11.1 Å². The van der Waals surface area contributed by atoms with E-state index in [0.29, 0.717) is 20.3 Å². The number of rotatable bonds is 0. The van der Waals surface area contributed by atoms with Crippen LogP contribution in [0.5, 0.6) is 0 Å². The van der Waals surface area contributed by atoms with Crippen molar-refractivity contribution in [2.75, 3.05) is 0 Å². The Balaban J connectivity index is 3.25. The number of nitrogens with zero attached hydrogens (tertiary/aromatic N) is 2. The van der Waals surface area contributed by atoms with E-state index in [9.17, 15) is 9.59 Å². The molecule has 0 amide bonds. The lowest BCUT2D eigenvalue weighted by atomic mass is 10.4. The van der Waals surface area contributed by atoms with E-state index in [0.717, 1.165) is 0 Å². The molecule has 0 fully saturated rings. The molecule has 0 aliphatic rings. The Morgan fingerprint density at radius 3 is 1.43 bits per heavy atom. The zero-order valence-corrected chi connectivity index (χ0v) is 10.6. The molecule has 0 N–H and O–H groups in total. The molecule has 0 atom stereocenters. The molecule has 2 aromatic rings. The monoisotopic (exact) mass is 320 g/mol. The molecular formula is C8H6Br2N2O2. The van der Waals surface area contributed by atoms with Crippen LogP contribution < -0.4 is 11.1 Å². The van der Waals surface area contributed by atoms with Crippen LogP contribution in [0.15, 0.2) is 18.5 Å². The molecule has 0 spiro atoms. The maximum Gasteiger partial charge on any atom is 0.286 e. The predicted molar refractivity (Wildman–Crippen MR) is 59.4 cm³/mol. The fraction of sp³-hybridized carbons (Fsp3) is 0.250. The largest absolute Gasteiger partial charge is 0.286 e. The summed E-state index contributed by atoms with van der Waals surface area (Å²) in [7, 11) is 0. The molecule has 0 bridgehead atoms. The second-order valence-corrected chi connectivity index (χ2v) is 4.62. The summed E-state index contributed by atoms with van der Waals surface area (Å²) >= 11 is 6.31. The molecule has 14 heavy (non-hydrogen) atoms. The Morgan fingerprint density at radius 1 is 0.857 bits per heavy atom. The van der Waals surface area contributed by atoms with Gasteiger partial charge >= 0.3 is 0 Å². The molecule has 2 heterocycles. The summed E-state index contributed by atoms with van der Waals surface area (Å²) in [5.41, 5.74) is 0.827. The van der Waals surface area contributed by atoms with Gasteiger partial charge in [0.05, 0.1) is 11.4 Å². The smallest absolute Gasteiger partial charge is 0.266 e. The molecule has 0 saturated carbocycles. The van der Waals surface area contributed by atoms with Gasteiger partial charge in [-0.05, 0) is 45.7 Å². The van der Waals surface area contributed by atoms with Crippen molar-refractivity contribution >= 4 is 31.9 Å². The molecule has 4 nitrogen and oxygen atoms in total. The van der Waals surface area contributed by atoms with Gasteiger partial charge in [0.2, 0.25) is 0 Å². The lowest BCUT2D eigenvalue weighted by Gasteiger charge is -1.88. The molecule has 0 aliphatic carbocycles. The molecule has 6 heteroatoms. The van der Waals surface area contributed by atoms with Gasteiger partial charge in [0.25, 0.3) is 11.1 Å². The van der Waals surface area contributed by atoms with E-state index in [1.165, 1.54) is 9.03 Å². The zero-order valence-electron chi connectivity index (χ0n) is 7.47. The summed E-state index contributed by atoms with van der Waals surface area (Å²) in [4.78, 5) is 23.3. The highest BCUT2D eigenvalue weighted by Gasteiger charge is 2.18. The quantitative estimate of drug-likeness (QED) is 0.735. The summed E-state index contributed by atoms with van der Waals surface area (Å²) < 4.78 is 3.58. The molecule has 0 unspecified atom stereocenters. The third-order valence-corrected chi connectivity index (χ3v) is 4.06. The van der Waals surface area contributed by atoms with Crippen LogP contribution in [0.3, 0.4) is 0 Å². The maximum absolute atomic E-state index is 11.7. The average Bonchev–Trinajstić information content (AvgIpc) is 2.51. The highest BCUT2D eigenvalue weighted by molar-refractivity contribution is 9.10. The minimum Gasteiger partial charge on any atom is -0.266 e. The van der Waals surface area contributed by atoms with E-state index >= 15 is 0 Å². The third kappa shape index (κ3) is 0.980. The predicted octanol–water partition coefficient (Wildman–Crippen LogP) is 1.34. The van der Waals surface area contributed by atoms with Crippen molar-refractivity contribution in [1.82, 2.24) is 9.03 Å². The third-order valence-electron chi connectivity index (χ3n) is 2.23. The van der Waals surface area contributed by atoms with Gasteiger partial charge in [0.15, 0.2) is 0 Å². The first-order chi connectivity index (χ1) is 6.46. The van der Waals surface area contributed by atoms with Crippen LogP contribution >= 0.6 is 31.9 Å². The first-order valence-corrected chi connectivity index (χ1v) is 5.47.